The summed E-state index contributed by atoms with van der Waals surface area (Å²) in [5.41, 5.74) is 7.22. The first-order valence-corrected chi connectivity index (χ1v) is 7.85. The molecule has 0 spiro atoms. The lowest BCUT2D eigenvalue weighted by molar-refractivity contribution is 0.114. The van der Waals surface area contributed by atoms with Crippen molar-refractivity contribution in [3.8, 4) is 0 Å². The SMILES string of the molecule is NC(=NCC1(c2ccccn2)CCC1)NCC1CCCO1. The number of rotatable bonds is 5. The van der Waals surface area contributed by atoms with E-state index in [4.69, 9.17) is 10.5 Å². The minimum Gasteiger partial charge on any atom is -0.376 e. The van der Waals surface area contributed by atoms with E-state index in [0.29, 0.717) is 12.5 Å². The van der Waals surface area contributed by atoms with E-state index in [1.54, 1.807) is 0 Å². The van der Waals surface area contributed by atoms with Crippen molar-refractivity contribution in [2.45, 2.75) is 43.6 Å². The lowest BCUT2D eigenvalue weighted by Crippen LogP contribution is -2.41. The van der Waals surface area contributed by atoms with Gasteiger partial charge in [0, 0.05) is 30.5 Å². The van der Waals surface area contributed by atoms with Crippen LogP contribution in [0, 0.1) is 0 Å². The van der Waals surface area contributed by atoms with Crippen molar-refractivity contribution in [2.24, 2.45) is 10.7 Å². The molecule has 2 aliphatic rings. The summed E-state index contributed by atoms with van der Waals surface area (Å²) in [5, 5.41) is 3.18. The number of nitrogens with two attached hydrogens (primary N) is 1. The van der Waals surface area contributed by atoms with Gasteiger partial charge in [-0.15, -0.1) is 0 Å². The number of guanidine groups is 1. The third kappa shape index (κ3) is 3.35. The normalized spacial score (nSPS) is 24.6. The molecule has 0 radical (unpaired) electrons. The summed E-state index contributed by atoms with van der Waals surface area (Å²) in [7, 11) is 0. The molecule has 1 saturated heterocycles. The molecule has 2 fully saturated rings. The second-order valence-electron chi connectivity index (χ2n) is 6.07. The Labute approximate surface area is 126 Å². The molecule has 3 N–H and O–H groups in total. The summed E-state index contributed by atoms with van der Waals surface area (Å²) >= 11 is 0. The molecule has 1 unspecified atom stereocenters. The van der Waals surface area contributed by atoms with E-state index in [1.165, 1.54) is 6.42 Å². The number of nitrogens with zero attached hydrogens (tertiary/aromatic N) is 2. The molecule has 0 amide bonds. The van der Waals surface area contributed by atoms with Crippen LogP contribution in [0.1, 0.15) is 37.8 Å². The van der Waals surface area contributed by atoms with Gasteiger partial charge >= 0.3 is 0 Å². The van der Waals surface area contributed by atoms with E-state index in [0.717, 1.165) is 44.5 Å². The van der Waals surface area contributed by atoms with Gasteiger partial charge in [-0.3, -0.25) is 9.98 Å². The van der Waals surface area contributed by atoms with Crippen LogP contribution in [0.15, 0.2) is 29.4 Å². The first-order chi connectivity index (χ1) is 10.3. The van der Waals surface area contributed by atoms with Crippen LogP contribution in [0.3, 0.4) is 0 Å². The highest BCUT2D eigenvalue weighted by atomic mass is 16.5. The number of nitrogens with one attached hydrogen (secondary N) is 1. The second kappa shape index (κ2) is 6.43. The number of aliphatic imine (C=N–C) groups is 1. The highest BCUT2D eigenvalue weighted by Crippen LogP contribution is 2.42. The van der Waals surface area contributed by atoms with Crippen LogP contribution >= 0.6 is 0 Å². The number of hydrogen-bond acceptors (Lipinski definition) is 3. The molecule has 2 heterocycles. The molecule has 21 heavy (non-hydrogen) atoms. The molecular weight excluding hydrogens is 264 g/mol. The minimum absolute atomic E-state index is 0.0947. The smallest absolute Gasteiger partial charge is 0.188 e. The van der Waals surface area contributed by atoms with Crippen molar-refractivity contribution in [3.63, 3.8) is 0 Å². The average Bonchev–Trinajstić information content (AvgIpc) is 2.98. The molecule has 5 heteroatoms. The Balaban J connectivity index is 1.55. The number of hydrogen-bond donors (Lipinski definition) is 2. The van der Waals surface area contributed by atoms with E-state index in [2.05, 4.69) is 21.4 Å². The molecule has 1 aliphatic carbocycles. The molecule has 1 aromatic rings. The van der Waals surface area contributed by atoms with E-state index < -0.39 is 0 Å². The fraction of sp³-hybridized carbons (Fsp3) is 0.625. The standard InChI is InChI=1S/C16H24N4O/c17-15(19-11-13-5-3-10-21-13)20-12-16(7-4-8-16)14-6-1-2-9-18-14/h1-2,6,9,13H,3-5,7-8,10-12H2,(H3,17,19,20). The van der Waals surface area contributed by atoms with Gasteiger partial charge in [0.1, 0.15) is 0 Å². The van der Waals surface area contributed by atoms with Crippen LogP contribution < -0.4 is 11.1 Å². The Morgan fingerprint density at radius 1 is 1.43 bits per heavy atom. The third-order valence-corrected chi connectivity index (χ3v) is 4.61. The van der Waals surface area contributed by atoms with Gasteiger partial charge in [-0.1, -0.05) is 12.5 Å². The van der Waals surface area contributed by atoms with Gasteiger partial charge in [0.15, 0.2) is 5.96 Å². The van der Waals surface area contributed by atoms with Gasteiger partial charge in [0.25, 0.3) is 0 Å². The van der Waals surface area contributed by atoms with E-state index in [1.807, 2.05) is 18.3 Å². The highest BCUT2D eigenvalue weighted by Gasteiger charge is 2.39. The van der Waals surface area contributed by atoms with E-state index >= 15 is 0 Å². The molecule has 1 aromatic heterocycles. The Hall–Kier alpha value is -1.62. The zero-order valence-corrected chi connectivity index (χ0v) is 12.4. The minimum atomic E-state index is 0.0947. The van der Waals surface area contributed by atoms with Crippen LogP contribution in [-0.4, -0.2) is 36.7 Å². The number of pyridine rings is 1. The van der Waals surface area contributed by atoms with Gasteiger partial charge in [0.2, 0.25) is 0 Å². The summed E-state index contributed by atoms with van der Waals surface area (Å²) in [5.74, 6) is 0.521. The Morgan fingerprint density at radius 2 is 2.33 bits per heavy atom. The maximum Gasteiger partial charge on any atom is 0.188 e. The lowest BCUT2D eigenvalue weighted by Gasteiger charge is -2.40. The van der Waals surface area contributed by atoms with Gasteiger partial charge in [-0.05, 0) is 37.8 Å². The zero-order valence-electron chi connectivity index (χ0n) is 12.4. The van der Waals surface area contributed by atoms with Crippen LogP contribution in [0.5, 0.6) is 0 Å². The number of ether oxygens (including phenoxy) is 1. The third-order valence-electron chi connectivity index (χ3n) is 4.61. The van der Waals surface area contributed by atoms with Gasteiger partial charge < -0.3 is 15.8 Å². The van der Waals surface area contributed by atoms with Crippen molar-refractivity contribution in [3.05, 3.63) is 30.1 Å². The molecular formula is C16H24N4O. The first kappa shape index (κ1) is 14.3. The molecule has 1 atom stereocenters. The van der Waals surface area contributed by atoms with Crippen LogP contribution in [-0.2, 0) is 10.2 Å². The van der Waals surface area contributed by atoms with Crippen molar-refractivity contribution >= 4 is 5.96 Å². The van der Waals surface area contributed by atoms with Crippen molar-refractivity contribution in [1.29, 1.82) is 0 Å². The summed E-state index contributed by atoms with van der Waals surface area (Å²) in [4.78, 5) is 9.05. The summed E-state index contributed by atoms with van der Waals surface area (Å²) < 4.78 is 5.57. The molecule has 1 aliphatic heterocycles. The molecule has 0 aromatic carbocycles. The fourth-order valence-corrected chi connectivity index (χ4v) is 3.09. The van der Waals surface area contributed by atoms with Gasteiger partial charge in [0.05, 0.1) is 12.6 Å². The zero-order chi connectivity index (χ0) is 14.5. The van der Waals surface area contributed by atoms with Crippen LogP contribution in [0.4, 0.5) is 0 Å². The number of aromatic nitrogens is 1. The van der Waals surface area contributed by atoms with Crippen molar-refractivity contribution in [1.82, 2.24) is 10.3 Å². The van der Waals surface area contributed by atoms with Gasteiger partial charge in [-0.2, -0.15) is 0 Å². The van der Waals surface area contributed by atoms with Crippen LogP contribution in [0.25, 0.3) is 0 Å². The molecule has 1 saturated carbocycles. The van der Waals surface area contributed by atoms with Gasteiger partial charge in [-0.25, -0.2) is 0 Å². The van der Waals surface area contributed by atoms with E-state index in [9.17, 15) is 0 Å². The van der Waals surface area contributed by atoms with Crippen molar-refractivity contribution < 1.29 is 4.74 Å². The molecule has 114 valence electrons. The summed E-state index contributed by atoms with van der Waals surface area (Å²) in [6.07, 6.45) is 7.93. The first-order valence-electron chi connectivity index (χ1n) is 7.85. The Kier molecular flexibility index (Phi) is 4.39. The topological polar surface area (TPSA) is 72.5 Å². The monoisotopic (exact) mass is 288 g/mol. The Morgan fingerprint density at radius 3 is 2.95 bits per heavy atom. The van der Waals surface area contributed by atoms with Crippen LogP contribution in [0.2, 0.25) is 0 Å². The molecule has 0 bridgehead atoms. The summed E-state index contributed by atoms with van der Waals surface area (Å²) in [6.45, 7) is 2.34. The predicted molar refractivity (Wildman–Crippen MR) is 83.2 cm³/mol. The maximum atomic E-state index is 5.98. The fourth-order valence-electron chi connectivity index (χ4n) is 3.09. The maximum absolute atomic E-state index is 5.98. The largest absolute Gasteiger partial charge is 0.376 e. The van der Waals surface area contributed by atoms with E-state index in [-0.39, 0.29) is 11.5 Å². The average molecular weight is 288 g/mol. The van der Waals surface area contributed by atoms with Crippen molar-refractivity contribution in [2.75, 3.05) is 19.7 Å². The quantitative estimate of drug-likeness (QED) is 0.637. The molecule has 3 rings (SSSR count). The highest BCUT2D eigenvalue weighted by molar-refractivity contribution is 5.77. The second-order valence-corrected chi connectivity index (χ2v) is 6.07. The predicted octanol–water partition coefficient (Wildman–Crippen LogP) is 1.59. The lowest BCUT2D eigenvalue weighted by atomic mass is 9.66. The summed E-state index contributed by atoms with van der Waals surface area (Å²) in [6, 6.07) is 6.10. The Bertz CT molecular complexity index is 478. The molecule has 5 nitrogen and oxygen atoms in total.